The Morgan fingerprint density at radius 2 is 2.21 bits per heavy atom. The SMILES string of the molecule is COc1ccc(-c2n[nH]c(C)c2CC(=O)NC[C@@H]2CCCO2)cc1. The number of aromatic nitrogens is 2. The van der Waals surface area contributed by atoms with Crippen molar-refractivity contribution in [3.8, 4) is 17.0 Å². The summed E-state index contributed by atoms with van der Waals surface area (Å²) in [5.41, 5.74) is 3.60. The van der Waals surface area contributed by atoms with Crippen molar-refractivity contribution in [1.82, 2.24) is 15.5 Å². The van der Waals surface area contributed by atoms with Crippen molar-refractivity contribution in [3.63, 3.8) is 0 Å². The molecule has 0 spiro atoms. The first-order valence-electron chi connectivity index (χ1n) is 8.24. The lowest BCUT2D eigenvalue weighted by Gasteiger charge is -2.11. The normalized spacial score (nSPS) is 17.0. The summed E-state index contributed by atoms with van der Waals surface area (Å²) in [5.74, 6) is 0.784. The van der Waals surface area contributed by atoms with Crippen LogP contribution in [0.15, 0.2) is 24.3 Å². The average Bonchev–Trinajstić information content (AvgIpc) is 3.24. The zero-order valence-corrected chi connectivity index (χ0v) is 14.1. The number of H-pyrrole nitrogens is 1. The predicted octanol–water partition coefficient (Wildman–Crippen LogP) is 2.23. The number of ether oxygens (including phenoxy) is 2. The topological polar surface area (TPSA) is 76.2 Å². The van der Waals surface area contributed by atoms with Crippen LogP contribution in [0.5, 0.6) is 5.75 Å². The Labute approximate surface area is 141 Å². The van der Waals surface area contributed by atoms with Gasteiger partial charge in [0.15, 0.2) is 0 Å². The average molecular weight is 329 g/mol. The minimum atomic E-state index is -0.00948. The minimum Gasteiger partial charge on any atom is -0.497 e. The van der Waals surface area contributed by atoms with Gasteiger partial charge >= 0.3 is 0 Å². The van der Waals surface area contributed by atoms with E-state index >= 15 is 0 Å². The van der Waals surface area contributed by atoms with E-state index in [4.69, 9.17) is 9.47 Å². The summed E-state index contributed by atoms with van der Waals surface area (Å²) in [4.78, 5) is 12.3. The maximum Gasteiger partial charge on any atom is 0.224 e. The fourth-order valence-electron chi connectivity index (χ4n) is 2.91. The van der Waals surface area contributed by atoms with Gasteiger partial charge in [0.2, 0.25) is 5.91 Å². The molecule has 1 amide bonds. The van der Waals surface area contributed by atoms with Gasteiger partial charge in [-0.25, -0.2) is 0 Å². The molecule has 1 saturated heterocycles. The molecule has 0 bridgehead atoms. The van der Waals surface area contributed by atoms with Gasteiger partial charge in [0.1, 0.15) is 5.75 Å². The van der Waals surface area contributed by atoms with Gasteiger partial charge in [-0.1, -0.05) is 0 Å². The monoisotopic (exact) mass is 329 g/mol. The molecule has 1 atom stereocenters. The Bertz CT molecular complexity index is 688. The molecular formula is C18H23N3O3. The molecule has 0 aliphatic carbocycles. The molecule has 0 saturated carbocycles. The highest BCUT2D eigenvalue weighted by Gasteiger charge is 2.19. The maximum absolute atomic E-state index is 12.3. The second-order valence-corrected chi connectivity index (χ2v) is 6.02. The molecule has 3 rings (SSSR count). The Morgan fingerprint density at radius 3 is 2.88 bits per heavy atom. The lowest BCUT2D eigenvalue weighted by molar-refractivity contribution is -0.120. The van der Waals surface area contributed by atoms with Crippen LogP contribution < -0.4 is 10.1 Å². The van der Waals surface area contributed by atoms with Crippen LogP contribution in [0.3, 0.4) is 0 Å². The van der Waals surface area contributed by atoms with Gasteiger partial charge in [0.05, 0.1) is 25.3 Å². The van der Waals surface area contributed by atoms with Crippen LogP contribution in [-0.4, -0.2) is 42.5 Å². The first-order chi connectivity index (χ1) is 11.7. The summed E-state index contributed by atoms with van der Waals surface area (Å²) in [7, 11) is 1.64. The number of carbonyl (C=O) groups is 1. The molecule has 1 aromatic carbocycles. The van der Waals surface area contributed by atoms with E-state index in [0.717, 1.165) is 47.7 Å². The second-order valence-electron chi connectivity index (χ2n) is 6.02. The Hall–Kier alpha value is -2.34. The number of rotatable bonds is 6. The van der Waals surface area contributed by atoms with Crippen LogP contribution in [0.4, 0.5) is 0 Å². The van der Waals surface area contributed by atoms with E-state index in [1.165, 1.54) is 0 Å². The molecule has 6 heteroatoms. The summed E-state index contributed by atoms with van der Waals surface area (Å²) in [6, 6.07) is 7.67. The van der Waals surface area contributed by atoms with Gasteiger partial charge < -0.3 is 14.8 Å². The van der Waals surface area contributed by atoms with Crippen molar-refractivity contribution >= 4 is 5.91 Å². The Kier molecular flexibility index (Phi) is 5.15. The molecule has 2 N–H and O–H groups in total. The quantitative estimate of drug-likeness (QED) is 0.852. The van der Waals surface area contributed by atoms with Crippen molar-refractivity contribution in [2.24, 2.45) is 0 Å². The first-order valence-corrected chi connectivity index (χ1v) is 8.24. The third kappa shape index (κ3) is 3.76. The van der Waals surface area contributed by atoms with Crippen LogP contribution in [0, 0.1) is 6.92 Å². The van der Waals surface area contributed by atoms with Crippen molar-refractivity contribution < 1.29 is 14.3 Å². The van der Waals surface area contributed by atoms with Crippen LogP contribution in [0.25, 0.3) is 11.3 Å². The molecule has 2 heterocycles. The number of hydrogen-bond acceptors (Lipinski definition) is 4. The summed E-state index contributed by atoms with van der Waals surface area (Å²) in [6.45, 7) is 3.30. The molecule has 0 radical (unpaired) electrons. The minimum absolute atomic E-state index is 0.00948. The number of aryl methyl sites for hydroxylation is 1. The van der Waals surface area contributed by atoms with Crippen molar-refractivity contribution in [2.75, 3.05) is 20.3 Å². The zero-order chi connectivity index (χ0) is 16.9. The fraction of sp³-hybridized carbons (Fsp3) is 0.444. The van der Waals surface area contributed by atoms with Crippen LogP contribution in [0.2, 0.25) is 0 Å². The number of amides is 1. The smallest absolute Gasteiger partial charge is 0.224 e. The van der Waals surface area contributed by atoms with E-state index in [2.05, 4.69) is 15.5 Å². The van der Waals surface area contributed by atoms with E-state index in [0.29, 0.717) is 13.0 Å². The number of nitrogens with zero attached hydrogens (tertiary/aromatic N) is 1. The number of benzene rings is 1. The molecule has 6 nitrogen and oxygen atoms in total. The van der Waals surface area contributed by atoms with Gasteiger partial charge in [-0.15, -0.1) is 0 Å². The molecule has 1 aliphatic heterocycles. The Balaban J connectivity index is 1.68. The predicted molar refractivity (Wildman–Crippen MR) is 91.0 cm³/mol. The van der Waals surface area contributed by atoms with Gasteiger partial charge in [-0.3, -0.25) is 9.89 Å². The number of methoxy groups -OCH3 is 1. The molecule has 128 valence electrons. The van der Waals surface area contributed by atoms with E-state index < -0.39 is 0 Å². The summed E-state index contributed by atoms with van der Waals surface area (Å²) in [5, 5.41) is 10.3. The molecule has 24 heavy (non-hydrogen) atoms. The zero-order valence-electron chi connectivity index (χ0n) is 14.1. The highest BCUT2D eigenvalue weighted by molar-refractivity contribution is 5.81. The van der Waals surface area contributed by atoms with E-state index in [-0.39, 0.29) is 12.0 Å². The van der Waals surface area contributed by atoms with Crippen molar-refractivity contribution in [1.29, 1.82) is 0 Å². The fourth-order valence-corrected chi connectivity index (χ4v) is 2.91. The van der Waals surface area contributed by atoms with Crippen LogP contribution in [-0.2, 0) is 16.0 Å². The van der Waals surface area contributed by atoms with E-state index in [9.17, 15) is 4.79 Å². The lowest BCUT2D eigenvalue weighted by Crippen LogP contribution is -2.32. The van der Waals surface area contributed by atoms with Crippen LogP contribution in [0.1, 0.15) is 24.1 Å². The summed E-state index contributed by atoms with van der Waals surface area (Å²) < 4.78 is 10.7. The highest BCUT2D eigenvalue weighted by atomic mass is 16.5. The molecular weight excluding hydrogens is 306 g/mol. The lowest BCUT2D eigenvalue weighted by atomic mass is 10.0. The molecule has 1 aliphatic rings. The molecule has 1 aromatic heterocycles. The number of hydrogen-bond donors (Lipinski definition) is 2. The molecule has 0 unspecified atom stereocenters. The third-order valence-electron chi connectivity index (χ3n) is 4.33. The van der Waals surface area contributed by atoms with E-state index in [1.807, 2.05) is 31.2 Å². The van der Waals surface area contributed by atoms with Gasteiger partial charge in [0, 0.05) is 30.0 Å². The maximum atomic E-state index is 12.3. The number of aromatic amines is 1. The molecule has 2 aromatic rings. The van der Waals surface area contributed by atoms with Gasteiger partial charge in [-0.2, -0.15) is 5.10 Å². The van der Waals surface area contributed by atoms with Gasteiger partial charge in [0.25, 0.3) is 0 Å². The van der Waals surface area contributed by atoms with Crippen molar-refractivity contribution in [2.45, 2.75) is 32.3 Å². The first kappa shape index (κ1) is 16.5. The van der Waals surface area contributed by atoms with Gasteiger partial charge in [-0.05, 0) is 44.0 Å². The standard InChI is InChI=1S/C18H23N3O3/c1-12-16(10-17(22)19-11-15-4-3-9-24-15)18(21-20-12)13-5-7-14(23-2)8-6-13/h5-8,15H,3-4,9-11H2,1-2H3,(H,19,22)(H,20,21)/t15-/m0/s1. The largest absolute Gasteiger partial charge is 0.497 e. The van der Waals surface area contributed by atoms with E-state index in [1.54, 1.807) is 7.11 Å². The number of nitrogens with one attached hydrogen (secondary N) is 2. The Morgan fingerprint density at radius 1 is 1.42 bits per heavy atom. The second kappa shape index (κ2) is 7.49. The molecule has 1 fully saturated rings. The summed E-state index contributed by atoms with van der Waals surface area (Å²) >= 11 is 0. The third-order valence-corrected chi connectivity index (χ3v) is 4.33. The van der Waals surface area contributed by atoms with Crippen LogP contribution >= 0.6 is 0 Å². The van der Waals surface area contributed by atoms with Crippen molar-refractivity contribution in [3.05, 3.63) is 35.5 Å². The highest BCUT2D eigenvalue weighted by Crippen LogP contribution is 2.26. The number of carbonyl (C=O) groups excluding carboxylic acids is 1. The summed E-state index contributed by atoms with van der Waals surface area (Å²) in [6.07, 6.45) is 2.54.